The summed E-state index contributed by atoms with van der Waals surface area (Å²) < 4.78 is 29.4. The van der Waals surface area contributed by atoms with Crippen LogP contribution in [-0.4, -0.2) is 18.8 Å². The number of carbonyl (C=O) groups excluding carboxylic acids is 1. The molecule has 0 spiro atoms. The van der Waals surface area contributed by atoms with Crippen molar-refractivity contribution in [2.45, 2.75) is 11.8 Å². The zero-order valence-corrected chi connectivity index (χ0v) is 13.8. The van der Waals surface area contributed by atoms with Gasteiger partial charge in [0.1, 0.15) is 0 Å². The van der Waals surface area contributed by atoms with Gasteiger partial charge in [-0.05, 0) is 55.5 Å². The number of nitrogens with one attached hydrogen (secondary N) is 1. The van der Waals surface area contributed by atoms with Crippen LogP contribution in [0.5, 0.6) is 0 Å². The maximum absolute atomic E-state index is 12.5. The molecule has 0 amide bonds. The zero-order valence-electron chi connectivity index (χ0n) is 13.0. The van der Waals surface area contributed by atoms with Crippen LogP contribution in [-0.2, 0) is 10.0 Å². The number of benzene rings is 2. The summed E-state index contributed by atoms with van der Waals surface area (Å²) in [5.74, 6) is -0.178. The maximum atomic E-state index is 12.5. The first-order chi connectivity index (χ1) is 11.5. The van der Waals surface area contributed by atoms with Crippen molar-refractivity contribution in [3.05, 3.63) is 78.6 Å². The van der Waals surface area contributed by atoms with Crippen LogP contribution < -0.4 is 4.72 Å². The lowest BCUT2D eigenvalue weighted by Crippen LogP contribution is -2.13. The maximum Gasteiger partial charge on any atom is 0.261 e. The van der Waals surface area contributed by atoms with Gasteiger partial charge >= 0.3 is 0 Å². The number of anilines is 1. The number of ketones is 1. The van der Waals surface area contributed by atoms with Crippen LogP contribution in [0.1, 0.15) is 17.3 Å². The van der Waals surface area contributed by atoms with E-state index in [0.717, 1.165) is 5.69 Å². The second-order valence-electron chi connectivity index (χ2n) is 5.33. The molecular weight excluding hydrogens is 324 g/mol. The first-order valence-corrected chi connectivity index (χ1v) is 8.81. The number of aromatic nitrogens is 1. The van der Waals surface area contributed by atoms with Crippen LogP contribution in [0.15, 0.2) is 78.0 Å². The van der Waals surface area contributed by atoms with E-state index < -0.39 is 10.0 Å². The normalized spacial score (nSPS) is 11.2. The van der Waals surface area contributed by atoms with Gasteiger partial charge in [0.05, 0.1) is 4.90 Å². The van der Waals surface area contributed by atoms with E-state index in [0.29, 0.717) is 11.3 Å². The Morgan fingerprint density at radius 1 is 0.958 bits per heavy atom. The van der Waals surface area contributed by atoms with Crippen LogP contribution in [0.4, 0.5) is 5.69 Å². The van der Waals surface area contributed by atoms with E-state index in [9.17, 15) is 13.2 Å². The summed E-state index contributed by atoms with van der Waals surface area (Å²) in [6.45, 7) is 1.40. The van der Waals surface area contributed by atoms with Crippen LogP contribution in [0.3, 0.4) is 0 Å². The lowest BCUT2D eigenvalue weighted by atomic mass is 10.2. The van der Waals surface area contributed by atoms with Crippen molar-refractivity contribution in [2.24, 2.45) is 0 Å². The first kappa shape index (κ1) is 16.0. The standard InChI is InChI=1S/C18H16N2O3S/c1-14(21)15-5-4-6-18(13-15)24(22,23)19-16-7-9-17(10-8-16)20-11-2-3-12-20/h2-13,19H,1H3. The molecular formula is C18H16N2O3S. The Morgan fingerprint density at radius 2 is 1.62 bits per heavy atom. The lowest BCUT2D eigenvalue weighted by molar-refractivity contribution is 0.101. The number of nitrogens with zero attached hydrogens (tertiary/aromatic N) is 1. The lowest BCUT2D eigenvalue weighted by Gasteiger charge is -2.10. The van der Waals surface area contributed by atoms with Crippen molar-refractivity contribution in [1.29, 1.82) is 0 Å². The van der Waals surface area contributed by atoms with Crippen molar-refractivity contribution in [3.63, 3.8) is 0 Å². The molecule has 3 aromatic rings. The summed E-state index contributed by atoms with van der Waals surface area (Å²) in [6, 6.07) is 16.9. The summed E-state index contributed by atoms with van der Waals surface area (Å²) in [5, 5.41) is 0. The number of hydrogen-bond acceptors (Lipinski definition) is 3. The minimum Gasteiger partial charge on any atom is -0.324 e. The second kappa shape index (κ2) is 6.33. The summed E-state index contributed by atoms with van der Waals surface area (Å²) in [6.07, 6.45) is 3.82. The Bertz CT molecular complexity index is 960. The van der Waals surface area contributed by atoms with Crippen molar-refractivity contribution in [2.75, 3.05) is 4.72 Å². The summed E-state index contributed by atoms with van der Waals surface area (Å²) in [4.78, 5) is 11.5. The van der Waals surface area contributed by atoms with Gasteiger partial charge in [0.2, 0.25) is 0 Å². The van der Waals surface area contributed by atoms with Gasteiger partial charge in [-0.1, -0.05) is 12.1 Å². The highest BCUT2D eigenvalue weighted by Crippen LogP contribution is 2.19. The molecule has 6 heteroatoms. The molecule has 0 saturated carbocycles. The summed E-state index contributed by atoms with van der Waals surface area (Å²) in [5.41, 5.74) is 1.75. The number of rotatable bonds is 5. The molecule has 0 aliphatic carbocycles. The molecule has 1 heterocycles. The molecule has 0 fully saturated rings. The summed E-state index contributed by atoms with van der Waals surface area (Å²) in [7, 11) is -3.75. The van der Waals surface area contributed by atoms with Crippen LogP contribution in [0.2, 0.25) is 0 Å². The van der Waals surface area contributed by atoms with E-state index in [-0.39, 0.29) is 10.7 Å². The van der Waals surface area contributed by atoms with Gasteiger partial charge in [-0.3, -0.25) is 9.52 Å². The highest BCUT2D eigenvalue weighted by Gasteiger charge is 2.15. The van der Waals surface area contributed by atoms with Crippen molar-refractivity contribution in [1.82, 2.24) is 4.57 Å². The number of sulfonamides is 1. The molecule has 3 rings (SSSR count). The molecule has 0 saturated heterocycles. The van der Waals surface area contributed by atoms with E-state index in [2.05, 4.69) is 4.72 Å². The molecule has 5 nitrogen and oxygen atoms in total. The van der Waals surface area contributed by atoms with Gasteiger partial charge in [-0.15, -0.1) is 0 Å². The molecule has 0 unspecified atom stereocenters. The smallest absolute Gasteiger partial charge is 0.261 e. The van der Waals surface area contributed by atoms with Crippen molar-refractivity contribution in [3.8, 4) is 5.69 Å². The molecule has 0 aliphatic rings. The Morgan fingerprint density at radius 3 is 2.25 bits per heavy atom. The number of carbonyl (C=O) groups is 1. The second-order valence-corrected chi connectivity index (χ2v) is 7.01. The van der Waals surface area contributed by atoms with Gasteiger partial charge in [-0.2, -0.15) is 0 Å². The number of Topliss-reactive ketones (excluding diaryl/α,β-unsaturated/α-hetero) is 1. The van der Waals surface area contributed by atoms with Crippen LogP contribution in [0.25, 0.3) is 5.69 Å². The predicted octanol–water partition coefficient (Wildman–Crippen LogP) is 3.48. The highest BCUT2D eigenvalue weighted by atomic mass is 32.2. The third-order valence-electron chi connectivity index (χ3n) is 3.57. The van der Waals surface area contributed by atoms with Gasteiger partial charge in [-0.25, -0.2) is 8.42 Å². The highest BCUT2D eigenvalue weighted by molar-refractivity contribution is 7.92. The minimum atomic E-state index is -3.75. The Balaban J connectivity index is 1.84. The molecule has 0 atom stereocenters. The average Bonchev–Trinajstić information content (AvgIpc) is 3.10. The average molecular weight is 340 g/mol. The number of hydrogen-bond donors (Lipinski definition) is 1. The molecule has 2 aromatic carbocycles. The van der Waals surface area contributed by atoms with Crippen LogP contribution in [0, 0.1) is 0 Å². The topological polar surface area (TPSA) is 68.2 Å². The first-order valence-electron chi connectivity index (χ1n) is 7.33. The fraction of sp³-hybridized carbons (Fsp3) is 0.0556. The molecule has 122 valence electrons. The summed E-state index contributed by atoms with van der Waals surface area (Å²) >= 11 is 0. The van der Waals surface area contributed by atoms with E-state index in [1.807, 2.05) is 41.2 Å². The molecule has 1 aromatic heterocycles. The van der Waals surface area contributed by atoms with E-state index in [1.54, 1.807) is 24.3 Å². The molecule has 0 bridgehead atoms. The monoisotopic (exact) mass is 340 g/mol. The van der Waals surface area contributed by atoms with Crippen LogP contribution >= 0.6 is 0 Å². The van der Waals surface area contributed by atoms with Gasteiger partial charge in [0.25, 0.3) is 10.0 Å². The van der Waals surface area contributed by atoms with Gasteiger partial charge in [0, 0.05) is 29.3 Å². The van der Waals surface area contributed by atoms with E-state index >= 15 is 0 Å². The van der Waals surface area contributed by atoms with Gasteiger partial charge in [0.15, 0.2) is 5.78 Å². The van der Waals surface area contributed by atoms with E-state index in [1.165, 1.54) is 19.1 Å². The third kappa shape index (κ3) is 3.38. The molecule has 0 aliphatic heterocycles. The minimum absolute atomic E-state index is 0.0599. The largest absolute Gasteiger partial charge is 0.324 e. The van der Waals surface area contributed by atoms with Crippen molar-refractivity contribution >= 4 is 21.5 Å². The Labute approximate surface area is 140 Å². The quantitative estimate of drug-likeness (QED) is 0.723. The Kier molecular flexibility index (Phi) is 4.22. The molecule has 24 heavy (non-hydrogen) atoms. The third-order valence-corrected chi connectivity index (χ3v) is 4.95. The Hall–Kier alpha value is -2.86. The molecule has 0 radical (unpaired) electrons. The fourth-order valence-corrected chi connectivity index (χ4v) is 3.41. The zero-order chi connectivity index (χ0) is 17.2. The van der Waals surface area contributed by atoms with E-state index in [4.69, 9.17) is 0 Å². The SMILES string of the molecule is CC(=O)c1cccc(S(=O)(=O)Nc2ccc(-n3cccc3)cc2)c1. The van der Waals surface area contributed by atoms with Gasteiger partial charge < -0.3 is 4.57 Å². The fourth-order valence-electron chi connectivity index (χ4n) is 2.30. The van der Waals surface area contributed by atoms with Crippen molar-refractivity contribution < 1.29 is 13.2 Å². The molecule has 1 N–H and O–H groups in total. The predicted molar refractivity (Wildman–Crippen MR) is 93.0 cm³/mol.